The van der Waals surface area contributed by atoms with Crippen LogP contribution in [0.15, 0.2) is 78.0 Å². The molecule has 5 heteroatoms. The van der Waals surface area contributed by atoms with Crippen LogP contribution in [0.25, 0.3) is 22.2 Å². The first-order chi connectivity index (χ1) is 14.8. The van der Waals surface area contributed by atoms with Gasteiger partial charge in [0.1, 0.15) is 0 Å². The summed E-state index contributed by atoms with van der Waals surface area (Å²) in [6, 6.07) is 21.7. The molecule has 0 spiro atoms. The van der Waals surface area contributed by atoms with E-state index in [1.165, 1.54) is 5.56 Å². The summed E-state index contributed by atoms with van der Waals surface area (Å²) in [6.07, 6.45) is 3.56. The number of hydrazone groups is 1. The van der Waals surface area contributed by atoms with Crippen LogP contribution in [0.1, 0.15) is 42.4 Å². The van der Waals surface area contributed by atoms with Crippen molar-refractivity contribution in [2.24, 2.45) is 12.1 Å². The molecule has 0 fully saturated rings. The number of aryl methyl sites for hydroxylation is 1. The number of hydrogen-bond acceptors (Lipinski definition) is 3. The molecule has 2 aromatic carbocycles. The van der Waals surface area contributed by atoms with E-state index in [1.807, 2.05) is 60.3 Å². The Morgan fingerprint density at radius 3 is 2.45 bits per heavy atom. The van der Waals surface area contributed by atoms with E-state index in [-0.39, 0.29) is 11.3 Å². The fourth-order valence-electron chi connectivity index (χ4n) is 3.48. The standard InChI is InChI=1S/C26H26N4O/c1-26(2,3)19-13-11-18(12-14-19)24-16-22(21-9-5-6-10-23(21)28-24)25(31)29-27-17-20-8-7-15-30(20)4/h5-17H,1-4H3,(H,29,31)/b27-17-. The molecule has 156 valence electrons. The molecule has 31 heavy (non-hydrogen) atoms. The van der Waals surface area contributed by atoms with Gasteiger partial charge in [-0.15, -0.1) is 0 Å². The first-order valence-electron chi connectivity index (χ1n) is 10.3. The first-order valence-corrected chi connectivity index (χ1v) is 10.3. The smallest absolute Gasteiger partial charge is 0.272 e. The first kappa shape index (κ1) is 20.5. The van der Waals surface area contributed by atoms with Crippen molar-refractivity contribution >= 4 is 23.0 Å². The molecule has 0 aliphatic heterocycles. The molecule has 0 aliphatic rings. The van der Waals surface area contributed by atoms with Gasteiger partial charge in [-0.05, 0) is 35.2 Å². The Morgan fingerprint density at radius 1 is 1.03 bits per heavy atom. The van der Waals surface area contributed by atoms with Gasteiger partial charge in [0, 0.05) is 24.2 Å². The molecule has 0 atom stereocenters. The number of para-hydroxylation sites is 1. The number of rotatable bonds is 4. The monoisotopic (exact) mass is 410 g/mol. The lowest BCUT2D eigenvalue weighted by atomic mass is 9.86. The second kappa shape index (κ2) is 8.19. The zero-order valence-electron chi connectivity index (χ0n) is 18.3. The van der Waals surface area contributed by atoms with Crippen LogP contribution in [0.4, 0.5) is 0 Å². The van der Waals surface area contributed by atoms with Gasteiger partial charge in [-0.3, -0.25) is 4.79 Å². The Balaban J connectivity index is 1.69. The summed E-state index contributed by atoms with van der Waals surface area (Å²) in [5.41, 5.74) is 7.94. The largest absolute Gasteiger partial charge is 0.350 e. The lowest BCUT2D eigenvalue weighted by molar-refractivity contribution is 0.0956. The third-order valence-electron chi connectivity index (χ3n) is 5.35. The zero-order chi connectivity index (χ0) is 22.0. The normalized spacial score (nSPS) is 11.9. The number of benzene rings is 2. The maximum Gasteiger partial charge on any atom is 0.272 e. The van der Waals surface area contributed by atoms with E-state index in [9.17, 15) is 4.79 Å². The van der Waals surface area contributed by atoms with E-state index in [1.54, 1.807) is 6.21 Å². The lowest BCUT2D eigenvalue weighted by Gasteiger charge is -2.19. The van der Waals surface area contributed by atoms with Gasteiger partial charge in [0.15, 0.2) is 0 Å². The van der Waals surface area contributed by atoms with Gasteiger partial charge in [0.05, 0.1) is 28.7 Å². The fourth-order valence-corrected chi connectivity index (χ4v) is 3.48. The van der Waals surface area contributed by atoms with Gasteiger partial charge in [0.2, 0.25) is 0 Å². The van der Waals surface area contributed by atoms with Crippen molar-refractivity contribution in [1.29, 1.82) is 0 Å². The molecular formula is C26H26N4O. The molecular weight excluding hydrogens is 384 g/mol. The Bertz CT molecular complexity index is 1260. The van der Waals surface area contributed by atoms with Crippen molar-refractivity contribution in [2.45, 2.75) is 26.2 Å². The quantitative estimate of drug-likeness (QED) is 0.366. The summed E-state index contributed by atoms with van der Waals surface area (Å²) in [6.45, 7) is 6.57. The lowest BCUT2D eigenvalue weighted by Crippen LogP contribution is -2.18. The highest BCUT2D eigenvalue weighted by atomic mass is 16.2. The highest BCUT2D eigenvalue weighted by molar-refractivity contribution is 6.07. The molecule has 1 amide bonds. The van der Waals surface area contributed by atoms with Gasteiger partial charge < -0.3 is 4.57 Å². The zero-order valence-corrected chi connectivity index (χ0v) is 18.3. The van der Waals surface area contributed by atoms with Gasteiger partial charge >= 0.3 is 0 Å². The SMILES string of the molecule is Cn1cccc1/C=N\NC(=O)c1cc(-c2ccc(C(C)(C)C)cc2)nc2ccccc12. The van der Waals surface area contributed by atoms with Gasteiger partial charge in [-0.25, -0.2) is 10.4 Å². The maximum absolute atomic E-state index is 13.0. The minimum atomic E-state index is -0.267. The molecule has 4 aromatic rings. The van der Waals surface area contributed by atoms with Crippen LogP contribution in [0.3, 0.4) is 0 Å². The third kappa shape index (κ3) is 4.40. The molecule has 0 saturated heterocycles. The van der Waals surface area contributed by atoms with E-state index in [0.717, 1.165) is 27.9 Å². The number of carbonyl (C=O) groups excluding carboxylic acids is 1. The van der Waals surface area contributed by atoms with Gasteiger partial charge in [-0.2, -0.15) is 5.10 Å². The van der Waals surface area contributed by atoms with E-state index in [0.29, 0.717) is 5.56 Å². The number of hydrogen-bond donors (Lipinski definition) is 1. The Hall–Kier alpha value is -3.73. The van der Waals surface area contributed by atoms with Crippen LogP contribution in [0, 0.1) is 0 Å². The summed E-state index contributed by atoms with van der Waals surface area (Å²) in [5.74, 6) is -0.267. The molecule has 0 aliphatic carbocycles. The van der Waals surface area contributed by atoms with Crippen molar-refractivity contribution in [2.75, 3.05) is 0 Å². The predicted octanol–water partition coefficient (Wildman–Crippen LogP) is 5.30. The average molecular weight is 411 g/mol. The number of carbonyl (C=O) groups is 1. The van der Waals surface area contributed by atoms with Gasteiger partial charge in [-0.1, -0.05) is 63.2 Å². The number of amides is 1. The third-order valence-corrected chi connectivity index (χ3v) is 5.35. The summed E-state index contributed by atoms with van der Waals surface area (Å²) in [4.78, 5) is 17.8. The van der Waals surface area contributed by atoms with E-state index >= 15 is 0 Å². The minimum Gasteiger partial charge on any atom is -0.350 e. The summed E-state index contributed by atoms with van der Waals surface area (Å²) < 4.78 is 1.93. The molecule has 0 saturated carbocycles. The fraction of sp³-hybridized carbons (Fsp3) is 0.192. The number of nitrogens with one attached hydrogen (secondary N) is 1. The summed E-state index contributed by atoms with van der Waals surface area (Å²) >= 11 is 0. The maximum atomic E-state index is 13.0. The van der Waals surface area contributed by atoms with Crippen LogP contribution in [-0.2, 0) is 12.5 Å². The molecule has 0 bridgehead atoms. The van der Waals surface area contributed by atoms with Crippen molar-refractivity contribution < 1.29 is 4.79 Å². The molecule has 4 rings (SSSR count). The molecule has 0 unspecified atom stereocenters. The van der Waals surface area contributed by atoms with Crippen LogP contribution < -0.4 is 5.43 Å². The topological polar surface area (TPSA) is 59.3 Å². The second-order valence-electron chi connectivity index (χ2n) is 8.64. The molecule has 2 heterocycles. The van der Waals surface area contributed by atoms with E-state index < -0.39 is 0 Å². The molecule has 5 nitrogen and oxygen atoms in total. The minimum absolute atomic E-state index is 0.0801. The number of pyridine rings is 1. The van der Waals surface area contributed by atoms with Gasteiger partial charge in [0.25, 0.3) is 5.91 Å². The molecule has 1 N–H and O–H groups in total. The number of fused-ring (bicyclic) bond motifs is 1. The Morgan fingerprint density at radius 2 is 1.77 bits per heavy atom. The highest BCUT2D eigenvalue weighted by Gasteiger charge is 2.16. The van der Waals surface area contributed by atoms with Crippen molar-refractivity contribution in [3.63, 3.8) is 0 Å². The van der Waals surface area contributed by atoms with Crippen molar-refractivity contribution in [3.05, 3.63) is 89.7 Å². The van der Waals surface area contributed by atoms with E-state index in [2.05, 4.69) is 55.6 Å². The Kier molecular flexibility index (Phi) is 5.42. The van der Waals surface area contributed by atoms with Crippen molar-refractivity contribution in [1.82, 2.24) is 15.0 Å². The van der Waals surface area contributed by atoms with Crippen molar-refractivity contribution in [3.8, 4) is 11.3 Å². The highest BCUT2D eigenvalue weighted by Crippen LogP contribution is 2.28. The summed E-state index contributed by atoms with van der Waals surface area (Å²) in [5, 5.41) is 4.93. The van der Waals surface area contributed by atoms with Crippen LogP contribution in [0.5, 0.6) is 0 Å². The molecule has 0 radical (unpaired) electrons. The Labute approximate surface area is 182 Å². The number of aromatic nitrogens is 2. The van der Waals surface area contributed by atoms with Crippen LogP contribution >= 0.6 is 0 Å². The van der Waals surface area contributed by atoms with E-state index in [4.69, 9.17) is 4.98 Å². The predicted molar refractivity (Wildman–Crippen MR) is 126 cm³/mol. The molecule has 2 aromatic heterocycles. The number of nitrogens with zero attached hydrogens (tertiary/aromatic N) is 3. The average Bonchev–Trinajstić information content (AvgIpc) is 3.17. The van der Waals surface area contributed by atoms with Crippen LogP contribution in [-0.4, -0.2) is 21.7 Å². The summed E-state index contributed by atoms with van der Waals surface area (Å²) in [7, 11) is 1.93. The van der Waals surface area contributed by atoms with Crippen LogP contribution in [0.2, 0.25) is 0 Å². The second-order valence-corrected chi connectivity index (χ2v) is 8.64.